The van der Waals surface area contributed by atoms with Crippen molar-refractivity contribution in [2.45, 2.75) is 91.4 Å². The molecule has 0 aromatic rings. The molecule has 1 radical (unpaired) electrons. The molecule has 0 saturated carbocycles. The third kappa shape index (κ3) is 16.6. The zero-order valence-corrected chi connectivity index (χ0v) is 19.1. The van der Waals surface area contributed by atoms with Crippen molar-refractivity contribution in [2.24, 2.45) is 0 Å². The smallest absolute Gasteiger partial charge is 0.358 e. The lowest BCUT2D eigenvalue weighted by molar-refractivity contribution is 0.167. The van der Waals surface area contributed by atoms with Gasteiger partial charge in [-0.05, 0) is 19.8 Å². The molecule has 0 bridgehead atoms. The van der Waals surface area contributed by atoms with Crippen molar-refractivity contribution in [3.8, 4) is 0 Å². The molecule has 27 heavy (non-hydrogen) atoms. The molecule has 0 aliphatic heterocycles. The topological polar surface area (TPSA) is 84.8 Å². The normalized spacial score (nSPS) is 10.9. The quantitative estimate of drug-likeness (QED) is 0.235. The van der Waals surface area contributed by atoms with Crippen LogP contribution in [0.2, 0.25) is 0 Å². The first-order valence-corrected chi connectivity index (χ1v) is 12.1. The highest BCUT2D eigenvalue weighted by Gasteiger charge is 2.17. The summed E-state index contributed by atoms with van der Waals surface area (Å²) in [5, 5.41) is 3.97. The van der Waals surface area contributed by atoms with Crippen LogP contribution in [0, 0.1) is 0 Å². The molecule has 0 aromatic heterocycles. The Hall–Kier alpha value is -1.28. The van der Waals surface area contributed by atoms with Crippen LogP contribution in [-0.2, 0) is 4.43 Å². The molecule has 8 heteroatoms. The number of carbonyl (C=O) groups excluding carboxylic acids is 2. The van der Waals surface area contributed by atoms with E-state index in [1.807, 2.05) is 13.8 Å². The molecule has 2 N–H and O–H groups in total. The average molecular weight is 402 g/mol. The highest BCUT2D eigenvalue weighted by molar-refractivity contribution is 6.29. The van der Waals surface area contributed by atoms with Gasteiger partial charge < -0.3 is 14.7 Å². The number of rotatable bonds is 16. The molecule has 4 amide bonds. The Balaban J connectivity index is 3.70. The average Bonchev–Trinajstić information content (AvgIpc) is 2.66. The lowest BCUT2D eigenvalue weighted by Crippen LogP contribution is -2.50. The molecular weight excluding hydrogens is 360 g/mol. The van der Waals surface area contributed by atoms with Gasteiger partial charge in [-0.15, -0.1) is 5.43 Å². The van der Waals surface area contributed by atoms with Crippen LogP contribution in [0.3, 0.4) is 0 Å². The lowest BCUT2D eigenvalue weighted by Gasteiger charge is -2.20. The fourth-order valence-electron chi connectivity index (χ4n) is 2.67. The summed E-state index contributed by atoms with van der Waals surface area (Å²) in [5.74, 6) is 0. The van der Waals surface area contributed by atoms with Gasteiger partial charge in [0.05, 0.1) is 0 Å². The molecule has 7 nitrogen and oxygen atoms in total. The van der Waals surface area contributed by atoms with E-state index in [2.05, 4.69) is 22.6 Å². The molecule has 159 valence electrons. The van der Waals surface area contributed by atoms with Crippen LogP contribution in [-0.4, -0.2) is 46.7 Å². The Morgan fingerprint density at radius 1 is 0.889 bits per heavy atom. The summed E-state index contributed by atoms with van der Waals surface area (Å²) >= 11 is 0. The minimum atomic E-state index is -1.10. The number of unbranched alkanes of at least 4 members (excludes halogenated alkanes) is 9. The van der Waals surface area contributed by atoms with Crippen LogP contribution >= 0.6 is 0 Å². The highest BCUT2D eigenvalue weighted by atomic mass is 28.2. The first-order valence-electron chi connectivity index (χ1n) is 10.8. The minimum absolute atomic E-state index is 0.356. The van der Waals surface area contributed by atoms with E-state index in [0.29, 0.717) is 19.7 Å². The third-order valence-corrected chi connectivity index (χ3v) is 5.28. The second-order valence-corrected chi connectivity index (χ2v) is 7.81. The summed E-state index contributed by atoms with van der Waals surface area (Å²) in [6.07, 6.45) is 13.3. The maximum atomic E-state index is 12.0. The number of hydrogen-bond donors (Lipinski definition) is 2. The van der Waals surface area contributed by atoms with Crippen molar-refractivity contribution < 1.29 is 14.0 Å². The minimum Gasteiger partial charge on any atom is -0.404 e. The Kier molecular flexibility index (Phi) is 18.6. The zero-order valence-electron chi connectivity index (χ0n) is 17.7. The first kappa shape index (κ1) is 25.7. The van der Waals surface area contributed by atoms with Crippen LogP contribution in [0.15, 0.2) is 0 Å². The van der Waals surface area contributed by atoms with E-state index in [1.165, 1.54) is 56.4 Å². The number of hydrogen-bond acceptors (Lipinski definition) is 3. The summed E-state index contributed by atoms with van der Waals surface area (Å²) in [5.41, 5.74) is 3.87. The van der Waals surface area contributed by atoms with Gasteiger partial charge >= 0.3 is 12.1 Å². The van der Waals surface area contributed by atoms with Gasteiger partial charge in [-0.3, -0.25) is 0 Å². The molecule has 0 aliphatic carbocycles. The fourth-order valence-corrected chi connectivity index (χ4v) is 3.28. The molecule has 0 saturated heterocycles. The second-order valence-electron chi connectivity index (χ2n) is 6.76. The van der Waals surface area contributed by atoms with Gasteiger partial charge in [0.15, 0.2) is 0 Å². The SMILES string of the molecule is CCCCCCCCCCCCNC(=O)[N]N(CCC)C(=O)N[SiH2]OCC. The standard InChI is InChI=1S/C19H41N4O3Si/c1-4-7-8-9-10-11-12-13-14-15-16-20-18(24)21-23(17-5-2)19(25)22-27-26-6-3/h4-17,27H2,1-3H3,(H,20,24)(H,22,25). The van der Waals surface area contributed by atoms with Crippen molar-refractivity contribution in [1.29, 1.82) is 0 Å². The van der Waals surface area contributed by atoms with Gasteiger partial charge in [0, 0.05) is 19.7 Å². The van der Waals surface area contributed by atoms with E-state index < -0.39 is 16.0 Å². The Labute approximate surface area is 168 Å². The highest BCUT2D eigenvalue weighted by Crippen LogP contribution is 2.10. The summed E-state index contributed by atoms with van der Waals surface area (Å²) in [7, 11) is -1.10. The molecule has 0 aliphatic rings. The lowest BCUT2D eigenvalue weighted by atomic mass is 10.1. The summed E-state index contributed by atoms with van der Waals surface area (Å²) in [4.78, 5) is 26.6. The molecular formula is C19H41N4O3Si. The van der Waals surface area contributed by atoms with Crippen LogP contribution < -0.4 is 15.7 Å². The number of nitrogens with one attached hydrogen (secondary N) is 2. The zero-order chi connectivity index (χ0) is 20.2. The maximum Gasteiger partial charge on any atom is 0.358 e. The second kappa shape index (κ2) is 19.5. The van der Waals surface area contributed by atoms with Gasteiger partial charge in [0.2, 0.25) is 0 Å². The van der Waals surface area contributed by atoms with E-state index in [9.17, 15) is 9.59 Å². The molecule has 0 spiro atoms. The van der Waals surface area contributed by atoms with Crippen LogP contribution in [0.5, 0.6) is 0 Å². The Morgan fingerprint density at radius 2 is 1.48 bits per heavy atom. The van der Waals surface area contributed by atoms with Gasteiger partial charge in [-0.2, -0.15) is 0 Å². The van der Waals surface area contributed by atoms with Crippen molar-refractivity contribution in [1.82, 2.24) is 20.7 Å². The van der Waals surface area contributed by atoms with Crippen LogP contribution in [0.4, 0.5) is 9.59 Å². The summed E-state index contributed by atoms with van der Waals surface area (Å²) < 4.78 is 5.22. The predicted molar refractivity (Wildman–Crippen MR) is 113 cm³/mol. The van der Waals surface area contributed by atoms with Crippen molar-refractivity contribution in [2.75, 3.05) is 19.7 Å². The van der Waals surface area contributed by atoms with Gasteiger partial charge in [0.25, 0.3) is 9.92 Å². The first-order chi connectivity index (χ1) is 13.2. The Bertz CT molecular complexity index is 373. The van der Waals surface area contributed by atoms with Crippen LogP contribution in [0.1, 0.15) is 91.4 Å². The molecule has 0 heterocycles. The monoisotopic (exact) mass is 401 g/mol. The summed E-state index contributed by atoms with van der Waals surface area (Å²) in [6, 6.07) is -0.807. The van der Waals surface area contributed by atoms with Gasteiger partial charge in [0.1, 0.15) is 0 Å². The van der Waals surface area contributed by atoms with Crippen molar-refractivity contribution in [3.05, 3.63) is 0 Å². The van der Waals surface area contributed by atoms with E-state index in [0.717, 1.165) is 19.3 Å². The van der Waals surface area contributed by atoms with E-state index in [-0.39, 0.29) is 6.03 Å². The molecule has 0 atom stereocenters. The van der Waals surface area contributed by atoms with Crippen LogP contribution in [0.25, 0.3) is 0 Å². The van der Waals surface area contributed by atoms with Gasteiger partial charge in [-0.1, -0.05) is 71.6 Å². The molecule has 0 unspecified atom stereocenters. The van der Waals surface area contributed by atoms with Crippen molar-refractivity contribution >= 4 is 22.0 Å². The number of urea groups is 2. The largest absolute Gasteiger partial charge is 0.404 e. The van der Waals surface area contributed by atoms with Gasteiger partial charge in [-0.25, -0.2) is 14.6 Å². The molecule has 0 fully saturated rings. The van der Waals surface area contributed by atoms with Crippen molar-refractivity contribution in [3.63, 3.8) is 0 Å². The van der Waals surface area contributed by atoms with E-state index >= 15 is 0 Å². The third-order valence-electron chi connectivity index (χ3n) is 4.22. The Morgan fingerprint density at radius 3 is 2.04 bits per heavy atom. The van der Waals surface area contributed by atoms with E-state index in [1.54, 1.807) is 0 Å². The molecule has 0 aromatic carbocycles. The van der Waals surface area contributed by atoms with E-state index in [4.69, 9.17) is 4.43 Å². The summed E-state index contributed by atoms with van der Waals surface area (Å²) in [6.45, 7) is 7.67. The maximum absolute atomic E-state index is 12.0. The number of nitrogens with zero attached hydrogens (tertiary/aromatic N) is 2. The fraction of sp³-hybridized carbons (Fsp3) is 0.895. The predicted octanol–water partition coefficient (Wildman–Crippen LogP) is 3.59. The molecule has 0 rings (SSSR count). The number of amides is 4. The number of carbonyl (C=O) groups is 2.